The van der Waals surface area contributed by atoms with Gasteiger partial charge < -0.3 is 19.9 Å². The number of carbonyl (C=O) groups is 2. The maximum Gasteiger partial charge on any atom is 0.252 e. The van der Waals surface area contributed by atoms with Gasteiger partial charge in [0.1, 0.15) is 24.2 Å². The van der Waals surface area contributed by atoms with Crippen molar-refractivity contribution in [2.75, 3.05) is 6.54 Å². The van der Waals surface area contributed by atoms with E-state index in [1.54, 1.807) is 31.2 Å². The first-order chi connectivity index (χ1) is 11.9. The summed E-state index contributed by atoms with van der Waals surface area (Å²) in [6.45, 7) is 7.96. The number of nitrogens with one attached hydrogen (secondary N) is 2. The van der Waals surface area contributed by atoms with Crippen molar-refractivity contribution >= 4 is 11.8 Å². The van der Waals surface area contributed by atoms with Gasteiger partial charge in [0.05, 0.1) is 11.3 Å². The average Bonchev–Trinajstić information content (AvgIpc) is 2.91. The molecule has 0 aliphatic carbocycles. The smallest absolute Gasteiger partial charge is 0.252 e. The number of nitrogens with zero attached hydrogens (tertiary/aromatic N) is 1. The standard InChI is InChI=1S/C18H23N3O4/c1-5-19-17(22)12(3)20-18(23)14-7-6-8-15(9-14)24-10-16-11(2)21-25-13(16)4/h6-9,12H,5,10H2,1-4H3,(H,19,22)(H,20,23)/t12-/m1/s1. The van der Waals surface area contributed by atoms with Crippen molar-refractivity contribution in [1.82, 2.24) is 15.8 Å². The molecule has 0 saturated heterocycles. The molecule has 0 fully saturated rings. The predicted molar refractivity (Wildman–Crippen MR) is 92.4 cm³/mol. The molecule has 0 bridgehead atoms. The number of rotatable bonds is 7. The Hall–Kier alpha value is -2.83. The highest BCUT2D eigenvalue weighted by atomic mass is 16.5. The molecular formula is C18H23N3O4. The molecular weight excluding hydrogens is 322 g/mol. The van der Waals surface area contributed by atoms with Crippen LogP contribution in [0.3, 0.4) is 0 Å². The Kier molecular flexibility index (Phi) is 6.16. The number of hydrogen-bond donors (Lipinski definition) is 2. The molecule has 7 nitrogen and oxygen atoms in total. The Morgan fingerprint density at radius 2 is 2.08 bits per heavy atom. The lowest BCUT2D eigenvalue weighted by molar-refractivity contribution is -0.122. The molecule has 2 aromatic rings. The molecule has 7 heteroatoms. The first-order valence-electron chi connectivity index (χ1n) is 8.15. The van der Waals surface area contributed by atoms with Crippen molar-refractivity contribution < 1.29 is 18.8 Å². The fraction of sp³-hybridized carbons (Fsp3) is 0.389. The first-order valence-corrected chi connectivity index (χ1v) is 8.15. The summed E-state index contributed by atoms with van der Waals surface area (Å²) in [7, 11) is 0. The van der Waals surface area contributed by atoms with Crippen LogP contribution >= 0.6 is 0 Å². The second kappa shape index (κ2) is 8.32. The number of likely N-dealkylation sites (N-methyl/N-ethyl adjacent to an activating group) is 1. The third-order valence-electron chi connectivity index (χ3n) is 3.75. The molecule has 0 spiro atoms. The Bertz CT molecular complexity index is 735. The van der Waals surface area contributed by atoms with Crippen LogP contribution in [0.4, 0.5) is 0 Å². The van der Waals surface area contributed by atoms with E-state index in [4.69, 9.17) is 9.26 Å². The van der Waals surface area contributed by atoms with Gasteiger partial charge in [-0.15, -0.1) is 0 Å². The predicted octanol–water partition coefficient (Wildman–Crippen LogP) is 2.12. The number of carbonyl (C=O) groups excluding carboxylic acids is 2. The Labute approximate surface area is 146 Å². The van der Waals surface area contributed by atoms with E-state index in [9.17, 15) is 9.59 Å². The Balaban J connectivity index is 2.00. The van der Waals surface area contributed by atoms with Crippen molar-refractivity contribution in [3.05, 3.63) is 46.8 Å². The van der Waals surface area contributed by atoms with Gasteiger partial charge in [-0.3, -0.25) is 9.59 Å². The highest BCUT2D eigenvalue weighted by Crippen LogP contribution is 2.18. The van der Waals surface area contributed by atoms with Crippen LogP contribution in [0.2, 0.25) is 0 Å². The minimum atomic E-state index is -0.612. The summed E-state index contributed by atoms with van der Waals surface area (Å²) < 4.78 is 10.8. The second-order valence-corrected chi connectivity index (χ2v) is 5.71. The van der Waals surface area contributed by atoms with Crippen LogP contribution < -0.4 is 15.4 Å². The van der Waals surface area contributed by atoms with Crippen LogP contribution in [0.15, 0.2) is 28.8 Å². The van der Waals surface area contributed by atoms with E-state index in [1.165, 1.54) is 0 Å². The van der Waals surface area contributed by atoms with E-state index in [-0.39, 0.29) is 11.8 Å². The molecule has 1 aromatic carbocycles. The van der Waals surface area contributed by atoms with Gasteiger partial charge in [0.2, 0.25) is 5.91 Å². The molecule has 2 N–H and O–H groups in total. The van der Waals surface area contributed by atoms with Crippen molar-refractivity contribution in [1.29, 1.82) is 0 Å². The van der Waals surface area contributed by atoms with Gasteiger partial charge in [-0.1, -0.05) is 11.2 Å². The maximum atomic E-state index is 12.3. The van der Waals surface area contributed by atoms with Crippen LogP contribution in [0.5, 0.6) is 5.75 Å². The van der Waals surface area contributed by atoms with E-state index >= 15 is 0 Å². The van der Waals surface area contributed by atoms with E-state index in [1.807, 2.05) is 20.8 Å². The molecule has 0 radical (unpaired) electrons. The van der Waals surface area contributed by atoms with Gasteiger partial charge in [-0.05, 0) is 45.9 Å². The summed E-state index contributed by atoms with van der Waals surface area (Å²) >= 11 is 0. The number of aryl methyl sites for hydroxylation is 2. The van der Waals surface area contributed by atoms with Crippen LogP contribution in [0.1, 0.15) is 41.2 Å². The summed E-state index contributed by atoms with van der Waals surface area (Å²) in [6.07, 6.45) is 0. The lowest BCUT2D eigenvalue weighted by Gasteiger charge is -2.14. The SMILES string of the molecule is CCNC(=O)[C@@H](C)NC(=O)c1cccc(OCc2c(C)noc2C)c1. The summed E-state index contributed by atoms with van der Waals surface area (Å²) in [4.78, 5) is 24.0. The number of benzene rings is 1. The summed E-state index contributed by atoms with van der Waals surface area (Å²) in [5.74, 6) is 0.712. The van der Waals surface area contributed by atoms with Gasteiger partial charge in [-0.2, -0.15) is 0 Å². The fourth-order valence-corrected chi connectivity index (χ4v) is 2.26. The van der Waals surface area contributed by atoms with Crippen molar-refractivity contribution in [3.8, 4) is 5.75 Å². The number of hydrogen-bond acceptors (Lipinski definition) is 5. The summed E-state index contributed by atoms with van der Waals surface area (Å²) in [6, 6.07) is 6.19. The van der Waals surface area contributed by atoms with Crippen LogP contribution in [0.25, 0.3) is 0 Å². The highest BCUT2D eigenvalue weighted by Gasteiger charge is 2.16. The Morgan fingerprint density at radius 1 is 1.32 bits per heavy atom. The van der Waals surface area contributed by atoms with Gasteiger partial charge in [0, 0.05) is 12.1 Å². The van der Waals surface area contributed by atoms with E-state index in [2.05, 4.69) is 15.8 Å². The zero-order valence-corrected chi connectivity index (χ0v) is 14.9. The van der Waals surface area contributed by atoms with E-state index in [0.717, 1.165) is 11.3 Å². The monoisotopic (exact) mass is 345 g/mol. The zero-order valence-electron chi connectivity index (χ0n) is 14.9. The van der Waals surface area contributed by atoms with E-state index < -0.39 is 6.04 Å². The highest BCUT2D eigenvalue weighted by molar-refractivity contribution is 5.97. The van der Waals surface area contributed by atoms with Gasteiger partial charge >= 0.3 is 0 Å². The Morgan fingerprint density at radius 3 is 2.72 bits per heavy atom. The van der Waals surface area contributed by atoms with Crippen LogP contribution in [-0.4, -0.2) is 29.6 Å². The van der Waals surface area contributed by atoms with Gasteiger partial charge in [-0.25, -0.2) is 0 Å². The minimum absolute atomic E-state index is 0.221. The molecule has 0 unspecified atom stereocenters. The molecule has 134 valence electrons. The number of ether oxygens (including phenoxy) is 1. The third kappa shape index (κ3) is 4.82. The first kappa shape index (κ1) is 18.5. The minimum Gasteiger partial charge on any atom is -0.489 e. The normalized spacial score (nSPS) is 11.7. The topological polar surface area (TPSA) is 93.5 Å². The molecule has 2 rings (SSSR count). The van der Waals surface area contributed by atoms with Crippen LogP contribution in [0, 0.1) is 13.8 Å². The number of aromatic nitrogens is 1. The van der Waals surface area contributed by atoms with E-state index in [0.29, 0.717) is 30.2 Å². The summed E-state index contributed by atoms with van der Waals surface area (Å²) in [5, 5.41) is 9.21. The van der Waals surface area contributed by atoms with Crippen LogP contribution in [-0.2, 0) is 11.4 Å². The fourth-order valence-electron chi connectivity index (χ4n) is 2.26. The van der Waals surface area contributed by atoms with Crippen molar-refractivity contribution in [3.63, 3.8) is 0 Å². The average molecular weight is 345 g/mol. The molecule has 2 amide bonds. The molecule has 0 aliphatic rings. The lowest BCUT2D eigenvalue weighted by Crippen LogP contribution is -2.44. The molecule has 0 aliphatic heterocycles. The molecule has 0 saturated carbocycles. The lowest BCUT2D eigenvalue weighted by atomic mass is 10.2. The number of amides is 2. The second-order valence-electron chi connectivity index (χ2n) is 5.71. The third-order valence-corrected chi connectivity index (χ3v) is 3.75. The molecule has 1 heterocycles. The molecule has 1 aromatic heterocycles. The van der Waals surface area contributed by atoms with Crippen molar-refractivity contribution in [2.45, 2.75) is 40.3 Å². The van der Waals surface area contributed by atoms with Gasteiger partial charge in [0.25, 0.3) is 5.91 Å². The quantitative estimate of drug-likeness (QED) is 0.802. The van der Waals surface area contributed by atoms with Gasteiger partial charge in [0.15, 0.2) is 0 Å². The molecule has 1 atom stereocenters. The van der Waals surface area contributed by atoms with Crippen molar-refractivity contribution in [2.24, 2.45) is 0 Å². The maximum absolute atomic E-state index is 12.3. The molecule has 25 heavy (non-hydrogen) atoms. The largest absolute Gasteiger partial charge is 0.489 e. The zero-order chi connectivity index (χ0) is 18.4. The summed E-state index contributed by atoms with van der Waals surface area (Å²) in [5.41, 5.74) is 2.09.